The molecule has 45 heavy (non-hydrogen) atoms. The third-order valence-electron chi connectivity index (χ3n) is 10.1. The van der Waals surface area contributed by atoms with Gasteiger partial charge in [-0.05, 0) is 68.2 Å². The number of aromatic nitrogens is 3. The van der Waals surface area contributed by atoms with Gasteiger partial charge in [0.1, 0.15) is 29.4 Å². The second-order valence-corrected chi connectivity index (χ2v) is 12.9. The topological polar surface area (TPSA) is 86.6 Å². The maximum absolute atomic E-state index is 16.6. The highest BCUT2D eigenvalue weighted by Gasteiger charge is 2.48. The summed E-state index contributed by atoms with van der Waals surface area (Å²) in [6.07, 6.45) is 8.34. The summed E-state index contributed by atoms with van der Waals surface area (Å²) in [6.45, 7) is 3.24. The number of nitrogens with one attached hydrogen (secondary N) is 1. The van der Waals surface area contributed by atoms with Crippen LogP contribution in [0.25, 0.3) is 32.9 Å². The van der Waals surface area contributed by atoms with E-state index in [4.69, 9.17) is 9.72 Å². The summed E-state index contributed by atoms with van der Waals surface area (Å²) in [4.78, 5) is 18.1. The Morgan fingerprint density at radius 1 is 1.07 bits per heavy atom. The molecule has 2 aromatic carbocycles. The number of anilines is 1. The second kappa shape index (κ2) is 10.8. The smallest absolute Gasteiger partial charge is 0.319 e. The number of pyridine rings is 1. The minimum Gasteiger partial charge on any atom is -0.508 e. The van der Waals surface area contributed by atoms with Crippen molar-refractivity contribution in [2.75, 3.05) is 37.7 Å². The van der Waals surface area contributed by atoms with E-state index in [0.29, 0.717) is 30.6 Å². The van der Waals surface area contributed by atoms with Gasteiger partial charge in [0.2, 0.25) is 0 Å². The zero-order chi connectivity index (χ0) is 30.9. The number of rotatable bonds is 6. The lowest BCUT2D eigenvalue weighted by Crippen LogP contribution is -2.51. The molecule has 4 unspecified atom stereocenters. The van der Waals surface area contributed by atoms with Crippen LogP contribution in [0.2, 0.25) is 0 Å². The fourth-order valence-corrected chi connectivity index (χ4v) is 8.05. The first-order chi connectivity index (χ1) is 21.8. The van der Waals surface area contributed by atoms with Crippen molar-refractivity contribution in [3.8, 4) is 23.0 Å². The maximum atomic E-state index is 16.6. The van der Waals surface area contributed by atoms with Gasteiger partial charge in [-0.3, -0.25) is 9.88 Å². The van der Waals surface area contributed by atoms with Gasteiger partial charge >= 0.3 is 6.01 Å². The van der Waals surface area contributed by atoms with Crippen molar-refractivity contribution in [3.63, 3.8) is 0 Å². The first-order valence-electron chi connectivity index (χ1n) is 15.4. The molecule has 2 bridgehead atoms. The van der Waals surface area contributed by atoms with Gasteiger partial charge < -0.3 is 20.1 Å². The lowest BCUT2D eigenvalue weighted by molar-refractivity contribution is 0.107. The van der Waals surface area contributed by atoms with E-state index >= 15 is 8.78 Å². The fraction of sp³-hybridized carbons (Fsp3) is 0.424. The molecule has 0 aliphatic carbocycles. The summed E-state index contributed by atoms with van der Waals surface area (Å²) in [7, 11) is 0. The second-order valence-electron chi connectivity index (χ2n) is 12.9. The molecule has 0 saturated carbocycles. The molecule has 0 radical (unpaired) electrons. The molecule has 8 nitrogen and oxygen atoms in total. The van der Waals surface area contributed by atoms with Gasteiger partial charge in [0.25, 0.3) is 0 Å². The lowest BCUT2D eigenvalue weighted by atomic mass is 9.91. The van der Waals surface area contributed by atoms with Crippen LogP contribution < -0.4 is 15.0 Å². The highest BCUT2D eigenvalue weighted by molar-refractivity contribution is 6.00. The van der Waals surface area contributed by atoms with E-state index in [1.54, 1.807) is 6.08 Å². The molecule has 4 aromatic rings. The zero-order valence-corrected chi connectivity index (χ0v) is 24.4. The van der Waals surface area contributed by atoms with Crippen molar-refractivity contribution in [3.05, 3.63) is 60.3 Å². The number of halogens is 4. The van der Waals surface area contributed by atoms with Gasteiger partial charge in [-0.2, -0.15) is 9.97 Å². The molecule has 0 spiro atoms. The largest absolute Gasteiger partial charge is 0.508 e. The van der Waals surface area contributed by atoms with Crippen molar-refractivity contribution < 1.29 is 27.4 Å². The van der Waals surface area contributed by atoms with Crippen LogP contribution in [0.4, 0.5) is 23.4 Å². The minimum absolute atomic E-state index is 0.00290. The fourth-order valence-electron chi connectivity index (χ4n) is 8.05. The van der Waals surface area contributed by atoms with E-state index in [1.807, 2.05) is 0 Å². The van der Waals surface area contributed by atoms with Gasteiger partial charge in [-0.25, -0.2) is 17.6 Å². The standard InChI is InChI=1S/C33H32F4N6O2/c34-8-6-18-12-33(7-1-9-43(33)14-18)17-45-32-40-30-24(31(41-32)42-15-20-3-4-21(16-42)39-20)13-38-29(28(30)37)23-11-22(44)10-19-2-5-25(35)27(36)26(19)23/h2,5-6,8,10-11,13,18,20-21,39,44H,1,3-4,7,9,12,14-17H2/b8-6+. The Morgan fingerprint density at radius 3 is 2.69 bits per heavy atom. The average molecular weight is 621 g/mol. The average Bonchev–Trinajstić information content (AvgIpc) is 3.69. The molecule has 2 N–H and O–H groups in total. The number of ether oxygens (including phenoxy) is 1. The van der Waals surface area contributed by atoms with Gasteiger partial charge in [0, 0.05) is 48.9 Å². The van der Waals surface area contributed by atoms with E-state index in [2.05, 4.69) is 25.1 Å². The monoisotopic (exact) mass is 620 g/mol. The molecule has 4 fully saturated rings. The van der Waals surface area contributed by atoms with Gasteiger partial charge in [0.15, 0.2) is 17.5 Å². The van der Waals surface area contributed by atoms with Crippen LogP contribution in [0.15, 0.2) is 42.9 Å². The number of nitrogens with zero attached hydrogens (tertiary/aromatic N) is 5. The van der Waals surface area contributed by atoms with E-state index < -0.39 is 17.5 Å². The van der Waals surface area contributed by atoms with Crippen LogP contribution in [-0.2, 0) is 0 Å². The number of hydrogen-bond acceptors (Lipinski definition) is 8. The normalized spacial score (nSPS) is 26.5. The van der Waals surface area contributed by atoms with Crippen molar-refractivity contribution in [1.29, 1.82) is 0 Å². The van der Waals surface area contributed by atoms with E-state index in [0.717, 1.165) is 51.3 Å². The number of benzene rings is 2. The molecule has 4 aliphatic rings. The Balaban J connectivity index is 1.24. The van der Waals surface area contributed by atoms with E-state index in [9.17, 15) is 13.9 Å². The Hall–Kier alpha value is -4.03. The van der Waals surface area contributed by atoms with Crippen molar-refractivity contribution >= 4 is 27.5 Å². The third kappa shape index (κ3) is 4.77. The first kappa shape index (κ1) is 28.4. The zero-order valence-electron chi connectivity index (χ0n) is 24.4. The number of phenolic OH excluding ortho intramolecular Hbond substituents is 1. The summed E-state index contributed by atoms with van der Waals surface area (Å²) < 4.78 is 65.4. The van der Waals surface area contributed by atoms with Crippen LogP contribution in [0.1, 0.15) is 32.1 Å². The molecule has 4 atom stereocenters. The number of aromatic hydroxyl groups is 1. The molecule has 2 aromatic heterocycles. The molecular formula is C33H32F4N6O2. The quantitative estimate of drug-likeness (QED) is 0.269. The molecule has 8 rings (SSSR count). The SMILES string of the molecule is Oc1cc(-c2ncc3c(N4CC5CCC(C4)N5)nc(OCC45CCCN4CC(/C=C/F)C5)nc3c2F)c2c(F)c(F)ccc2c1. The predicted molar refractivity (Wildman–Crippen MR) is 161 cm³/mol. The number of fused-ring (bicyclic) bond motifs is 5. The van der Waals surface area contributed by atoms with Crippen LogP contribution in [0.5, 0.6) is 11.8 Å². The highest BCUT2D eigenvalue weighted by Crippen LogP contribution is 2.43. The summed E-state index contributed by atoms with van der Waals surface area (Å²) in [5.41, 5.74) is -0.728. The molecule has 4 saturated heterocycles. The van der Waals surface area contributed by atoms with Gasteiger partial charge in [-0.15, -0.1) is 0 Å². The van der Waals surface area contributed by atoms with Crippen LogP contribution >= 0.6 is 0 Å². The summed E-state index contributed by atoms with van der Waals surface area (Å²) in [5, 5.41) is 14.4. The molecule has 4 aliphatic heterocycles. The Bertz CT molecular complexity index is 1840. The Kier molecular flexibility index (Phi) is 6.83. The van der Waals surface area contributed by atoms with E-state index in [-0.39, 0.29) is 69.5 Å². The molecule has 6 heterocycles. The van der Waals surface area contributed by atoms with Gasteiger partial charge in [-0.1, -0.05) is 12.1 Å². The Morgan fingerprint density at radius 2 is 1.89 bits per heavy atom. The number of piperazine rings is 1. The minimum atomic E-state index is -1.16. The summed E-state index contributed by atoms with van der Waals surface area (Å²) in [5.74, 6) is -2.78. The molecule has 0 amide bonds. The van der Waals surface area contributed by atoms with Crippen LogP contribution in [0.3, 0.4) is 0 Å². The Labute approximate surface area is 256 Å². The molecule has 234 valence electrons. The number of phenols is 1. The van der Waals surface area contributed by atoms with Crippen molar-refractivity contribution in [2.45, 2.75) is 49.7 Å². The van der Waals surface area contributed by atoms with Crippen LogP contribution in [-0.4, -0.2) is 75.4 Å². The third-order valence-corrected chi connectivity index (χ3v) is 10.1. The molecule has 12 heteroatoms. The number of hydrogen-bond donors (Lipinski definition) is 2. The van der Waals surface area contributed by atoms with E-state index in [1.165, 1.54) is 24.4 Å². The summed E-state index contributed by atoms with van der Waals surface area (Å²) in [6, 6.07) is 5.29. The first-order valence-corrected chi connectivity index (χ1v) is 15.4. The lowest BCUT2D eigenvalue weighted by Gasteiger charge is -2.34. The predicted octanol–water partition coefficient (Wildman–Crippen LogP) is 5.63. The van der Waals surface area contributed by atoms with Crippen molar-refractivity contribution in [1.82, 2.24) is 25.2 Å². The maximum Gasteiger partial charge on any atom is 0.319 e. The summed E-state index contributed by atoms with van der Waals surface area (Å²) >= 11 is 0. The van der Waals surface area contributed by atoms with Crippen molar-refractivity contribution in [2.24, 2.45) is 5.92 Å². The van der Waals surface area contributed by atoms with Crippen LogP contribution in [0, 0.1) is 23.4 Å². The van der Waals surface area contributed by atoms with Gasteiger partial charge in [0.05, 0.1) is 17.3 Å². The highest BCUT2D eigenvalue weighted by atomic mass is 19.2. The molecular weight excluding hydrogens is 588 g/mol.